The Balaban J connectivity index is 1.33. The summed E-state index contributed by atoms with van der Waals surface area (Å²) in [5.41, 5.74) is 2.02. The van der Waals surface area contributed by atoms with E-state index in [2.05, 4.69) is 27.3 Å². The van der Waals surface area contributed by atoms with E-state index in [1.807, 2.05) is 18.2 Å². The van der Waals surface area contributed by atoms with Gasteiger partial charge in [-0.2, -0.15) is 5.26 Å². The molecule has 2 aliphatic rings. The van der Waals surface area contributed by atoms with Gasteiger partial charge in [0.05, 0.1) is 11.6 Å². The highest BCUT2D eigenvalue weighted by molar-refractivity contribution is 5.32. The Morgan fingerprint density at radius 2 is 1.72 bits per heavy atom. The van der Waals surface area contributed by atoms with Gasteiger partial charge in [-0.1, -0.05) is 37.8 Å². The Labute approximate surface area is 152 Å². The molecule has 0 unspecified atom stereocenters. The largest absolute Gasteiger partial charge is 0.313 e. The standard InChI is InChI=1S/C21H32N4/c22-17-19-6-5-7-20(16-19)18-25-14-12-24(13-15-25)11-10-23-21-8-3-1-2-4-9-21/h5-7,16,21,23H,1-4,8-15,18H2. The zero-order chi connectivity index (χ0) is 17.3. The average Bonchev–Trinajstić information content (AvgIpc) is 2.92. The van der Waals surface area contributed by atoms with Gasteiger partial charge in [0.15, 0.2) is 0 Å². The lowest BCUT2D eigenvalue weighted by Gasteiger charge is -2.35. The summed E-state index contributed by atoms with van der Waals surface area (Å²) in [6, 6.07) is 11.0. The first-order chi connectivity index (χ1) is 12.3. The second kappa shape index (κ2) is 9.91. The highest BCUT2D eigenvalue weighted by Gasteiger charge is 2.17. The summed E-state index contributed by atoms with van der Waals surface area (Å²) in [4.78, 5) is 5.09. The molecule has 1 saturated carbocycles. The second-order valence-corrected chi connectivity index (χ2v) is 7.57. The summed E-state index contributed by atoms with van der Waals surface area (Å²) in [5, 5.41) is 12.8. The van der Waals surface area contributed by atoms with Gasteiger partial charge in [0.1, 0.15) is 0 Å². The SMILES string of the molecule is N#Cc1cccc(CN2CCN(CCNC3CCCCCC3)CC2)c1. The Morgan fingerprint density at radius 1 is 1.00 bits per heavy atom. The molecule has 25 heavy (non-hydrogen) atoms. The van der Waals surface area contributed by atoms with Crippen LogP contribution in [0.4, 0.5) is 0 Å². The molecule has 3 rings (SSSR count). The molecular formula is C21H32N4. The van der Waals surface area contributed by atoms with Gasteiger partial charge in [-0.25, -0.2) is 0 Å². The molecule has 1 heterocycles. The summed E-state index contributed by atoms with van der Waals surface area (Å²) in [5.74, 6) is 0. The van der Waals surface area contributed by atoms with Crippen molar-refractivity contribution in [2.75, 3.05) is 39.3 Å². The van der Waals surface area contributed by atoms with Crippen LogP contribution in [0.1, 0.15) is 49.7 Å². The van der Waals surface area contributed by atoms with Crippen LogP contribution in [0.5, 0.6) is 0 Å². The van der Waals surface area contributed by atoms with Crippen molar-refractivity contribution in [2.24, 2.45) is 0 Å². The van der Waals surface area contributed by atoms with E-state index >= 15 is 0 Å². The van der Waals surface area contributed by atoms with Crippen molar-refractivity contribution in [3.05, 3.63) is 35.4 Å². The number of nitrogens with one attached hydrogen (secondary N) is 1. The van der Waals surface area contributed by atoms with Crippen LogP contribution < -0.4 is 5.32 Å². The highest BCUT2D eigenvalue weighted by atomic mass is 15.3. The molecule has 0 bridgehead atoms. The first kappa shape index (κ1) is 18.4. The minimum Gasteiger partial charge on any atom is -0.313 e. The molecular weight excluding hydrogens is 308 g/mol. The molecule has 1 aliphatic carbocycles. The van der Waals surface area contributed by atoms with Crippen molar-refractivity contribution < 1.29 is 0 Å². The number of rotatable bonds is 6. The maximum atomic E-state index is 9.02. The molecule has 1 aliphatic heterocycles. The van der Waals surface area contributed by atoms with Gasteiger partial charge in [-0.05, 0) is 30.5 Å². The van der Waals surface area contributed by atoms with E-state index in [0.29, 0.717) is 0 Å². The van der Waals surface area contributed by atoms with E-state index in [1.165, 1.54) is 50.6 Å². The molecule has 0 atom stereocenters. The maximum Gasteiger partial charge on any atom is 0.0991 e. The molecule has 1 aromatic carbocycles. The lowest BCUT2D eigenvalue weighted by molar-refractivity contribution is 0.127. The first-order valence-corrected chi connectivity index (χ1v) is 10.0. The highest BCUT2D eigenvalue weighted by Crippen LogP contribution is 2.17. The first-order valence-electron chi connectivity index (χ1n) is 10.0. The number of benzene rings is 1. The molecule has 4 heteroatoms. The number of nitrogens with zero attached hydrogens (tertiary/aromatic N) is 3. The average molecular weight is 341 g/mol. The Morgan fingerprint density at radius 3 is 2.44 bits per heavy atom. The van der Waals surface area contributed by atoms with Crippen molar-refractivity contribution in [2.45, 2.75) is 51.1 Å². The van der Waals surface area contributed by atoms with Crippen LogP contribution in [-0.2, 0) is 6.54 Å². The lowest BCUT2D eigenvalue weighted by Crippen LogP contribution is -2.48. The van der Waals surface area contributed by atoms with E-state index in [1.54, 1.807) is 0 Å². The molecule has 2 fully saturated rings. The van der Waals surface area contributed by atoms with Gasteiger partial charge >= 0.3 is 0 Å². The molecule has 1 aromatic rings. The summed E-state index contributed by atoms with van der Waals surface area (Å²) < 4.78 is 0. The molecule has 0 amide bonds. The molecule has 0 spiro atoms. The van der Waals surface area contributed by atoms with Crippen LogP contribution in [-0.4, -0.2) is 55.1 Å². The normalized spacial score (nSPS) is 20.9. The molecule has 136 valence electrons. The molecule has 1 N–H and O–H groups in total. The van der Waals surface area contributed by atoms with Crippen LogP contribution in [0.2, 0.25) is 0 Å². The Bertz CT molecular complexity index is 549. The molecule has 0 radical (unpaired) electrons. The van der Waals surface area contributed by atoms with E-state index < -0.39 is 0 Å². The molecule has 1 saturated heterocycles. The monoisotopic (exact) mass is 340 g/mol. The Kier molecular flexibility index (Phi) is 7.29. The van der Waals surface area contributed by atoms with Crippen LogP contribution in [0, 0.1) is 11.3 Å². The minimum absolute atomic E-state index is 0.760. The number of piperazine rings is 1. The van der Waals surface area contributed by atoms with Crippen molar-refractivity contribution in [1.82, 2.24) is 15.1 Å². The summed E-state index contributed by atoms with van der Waals surface area (Å²) in [7, 11) is 0. The van der Waals surface area contributed by atoms with E-state index in [9.17, 15) is 0 Å². The van der Waals surface area contributed by atoms with Gasteiger partial charge in [0, 0.05) is 51.9 Å². The lowest BCUT2D eigenvalue weighted by atomic mass is 10.1. The number of hydrogen-bond acceptors (Lipinski definition) is 4. The van der Waals surface area contributed by atoms with Crippen LogP contribution >= 0.6 is 0 Å². The minimum atomic E-state index is 0.760. The maximum absolute atomic E-state index is 9.02. The molecule has 4 nitrogen and oxygen atoms in total. The third-order valence-corrected chi connectivity index (χ3v) is 5.64. The number of nitriles is 1. The van der Waals surface area contributed by atoms with Crippen LogP contribution in [0.25, 0.3) is 0 Å². The van der Waals surface area contributed by atoms with Gasteiger partial charge in [-0.15, -0.1) is 0 Å². The fourth-order valence-corrected chi connectivity index (χ4v) is 4.08. The summed E-state index contributed by atoms with van der Waals surface area (Å²) >= 11 is 0. The third-order valence-electron chi connectivity index (χ3n) is 5.64. The van der Waals surface area contributed by atoms with Crippen LogP contribution in [0.15, 0.2) is 24.3 Å². The smallest absolute Gasteiger partial charge is 0.0991 e. The van der Waals surface area contributed by atoms with Gasteiger partial charge < -0.3 is 5.32 Å². The van der Waals surface area contributed by atoms with E-state index in [0.717, 1.165) is 50.9 Å². The summed E-state index contributed by atoms with van der Waals surface area (Å²) in [6.07, 6.45) is 8.41. The van der Waals surface area contributed by atoms with Crippen molar-refractivity contribution in [3.63, 3.8) is 0 Å². The predicted octanol–water partition coefficient (Wildman–Crippen LogP) is 2.99. The zero-order valence-corrected chi connectivity index (χ0v) is 15.4. The third kappa shape index (κ3) is 6.11. The zero-order valence-electron chi connectivity index (χ0n) is 15.4. The second-order valence-electron chi connectivity index (χ2n) is 7.57. The van der Waals surface area contributed by atoms with Gasteiger partial charge in [0.25, 0.3) is 0 Å². The Hall–Kier alpha value is -1.41. The fraction of sp³-hybridized carbons (Fsp3) is 0.667. The fourth-order valence-electron chi connectivity index (χ4n) is 4.08. The van der Waals surface area contributed by atoms with Gasteiger partial charge in [-0.3, -0.25) is 9.80 Å². The van der Waals surface area contributed by atoms with E-state index in [-0.39, 0.29) is 0 Å². The van der Waals surface area contributed by atoms with Crippen LogP contribution in [0.3, 0.4) is 0 Å². The van der Waals surface area contributed by atoms with Crippen molar-refractivity contribution >= 4 is 0 Å². The van der Waals surface area contributed by atoms with Gasteiger partial charge in [0.2, 0.25) is 0 Å². The van der Waals surface area contributed by atoms with Crippen molar-refractivity contribution in [1.29, 1.82) is 5.26 Å². The molecule has 0 aromatic heterocycles. The van der Waals surface area contributed by atoms with Crippen molar-refractivity contribution in [3.8, 4) is 6.07 Å². The van der Waals surface area contributed by atoms with E-state index in [4.69, 9.17) is 5.26 Å². The predicted molar refractivity (Wildman–Crippen MR) is 102 cm³/mol. The quantitative estimate of drug-likeness (QED) is 0.809. The topological polar surface area (TPSA) is 42.3 Å². The summed E-state index contributed by atoms with van der Waals surface area (Å²) in [6.45, 7) is 7.84. The number of hydrogen-bond donors (Lipinski definition) is 1.